The number of hydrogen-bond donors (Lipinski definition) is 1. The Morgan fingerprint density at radius 2 is 1.84 bits per heavy atom. The van der Waals surface area contributed by atoms with Gasteiger partial charge in [-0.15, -0.1) is 0 Å². The summed E-state index contributed by atoms with van der Waals surface area (Å²) >= 11 is 5.85. The standard InChI is InChI=1S/C26H26N4OS/c1-17-9-11-20(12-10-17)30-25(24(28-26(30)32)23-8-4-5-13-27-23)22-15-18(2)29(19(22)3)16-21-7-6-14-31-21/h4-15,24-25H,16H2,1-3H3,(H,28,32)/t24-,25-/m0/s1. The molecule has 1 saturated heterocycles. The Morgan fingerprint density at radius 1 is 1.03 bits per heavy atom. The molecule has 0 bridgehead atoms. The van der Waals surface area contributed by atoms with Crippen LogP contribution in [0, 0.1) is 20.8 Å². The van der Waals surface area contributed by atoms with Gasteiger partial charge in [-0.2, -0.15) is 0 Å². The van der Waals surface area contributed by atoms with Crippen molar-refractivity contribution in [2.75, 3.05) is 4.90 Å². The van der Waals surface area contributed by atoms with Gasteiger partial charge in [-0.25, -0.2) is 0 Å². The van der Waals surface area contributed by atoms with Crippen LogP contribution in [0.4, 0.5) is 5.69 Å². The third kappa shape index (κ3) is 3.60. The molecule has 1 fully saturated rings. The minimum Gasteiger partial charge on any atom is -0.467 e. The van der Waals surface area contributed by atoms with Crippen molar-refractivity contribution in [1.29, 1.82) is 0 Å². The van der Waals surface area contributed by atoms with E-state index in [4.69, 9.17) is 16.6 Å². The summed E-state index contributed by atoms with van der Waals surface area (Å²) < 4.78 is 7.92. The lowest BCUT2D eigenvalue weighted by Crippen LogP contribution is -2.29. The molecule has 0 saturated carbocycles. The lowest BCUT2D eigenvalue weighted by molar-refractivity contribution is 0.488. The number of aromatic nitrogens is 2. The van der Waals surface area contributed by atoms with E-state index in [0.29, 0.717) is 11.7 Å². The molecule has 2 atom stereocenters. The van der Waals surface area contributed by atoms with Gasteiger partial charge in [0.25, 0.3) is 0 Å². The molecule has 0 amide bonds. The molecule has 5 rings (SSSR count). The predicted octanol–water partition coefficient (Wildman–Crippen LogP) is 5.63. The van der Waals surface area contributed by atoms with Crippen LogP contribution >= 0.6 is 12.2 Å². The minimum absolute atomic E-state index is 0.0170. The maximum absolute atomic E-state index is 5.85. The van der Waals surface area contributed by atoms with E-state index in [1.54, 1.807) is 6.26 Å². The summed E-state index contributed by atoms with van der Waals surface area (Å²) in [7, 11) is 0. The number of furan rings is 1. The van der Waals surface area contributed by atoms with Crippen molar-refractivity contribution >= 4 is 23.0 Å². The summed E-state index contributed by atoms with van der Waals surface area (Å²) in [5, 5.41) is 4.26. The zero-order valence-corrected chi connectivity index (χ0v) is 19.3. The third-order valence-electron chi connectivity index (χ3n) is 6.24. The fraction of sp³-hybridized carbons (Fsp3) is 0.231. The SMILES string of the molecule is Cc1ccc(N2C(=S)N[C@@H](c3ccccn3)[C@@H]2c2cc(C)n(Cc3ccco3)c2C)cc1. The average molecular weight is 443 g/mol. The smallest absolute Gasteiger partial charge is 0.174 e. The Balaban J connectivity index is 1.62. The second-order valence-corrected chi connectivity index (χ2v) is 8.71. The minimum atomic E-state index is -0.0532. The zero-order valence-electron chi connectivity index (χ0n) is 18.4. The molecule has 6 heteroatoms. The first-order valence-corrected chi connectivity index (χ1v) is 11.2. The number of rotatable bonds is 5. The highest BCUT2D eigenvalue weighted by molar-refractivity contribution is 7.80. The second-order valence-electron chi connectivity index (χ2n) is 8.32. The van der Waals surface area contributed by atoms with Gasteiger partial charge in [-0.1, -0.05) is 23.8 Å². The number of pyridine rings is 1. The van der Waals surface area contributed by atoms with E-state index in [9.17, 15) is 0 Å². The quantitative estimate of drug-likeness (QED) is 0.406. The van der Waals surface area contributed by atoms with Crippen LogP contribution in [-0.4, -0.2) is 14.7 Å². The number of hydrogen-bond acceptors (Lipinski definition) is 3. The topological polar surface area (TPSA) is 46.2 Å². The van der Waals surface area contributed by atoms with E-state index in [1.165, 1.54) is 22.5 Å². The highest BCUT2D eigenvalue weighted by Crippen LogP contribution is 2.43. The van der Waals surface area contributed by atoms with Crippen LogP contribution in [0.2, 0.25) is 0 Å². The van der Waals surface area contributed by atoms with Crippen LogP contribution in [0.5, 0.6) is 0 Å². The fourth-order valence-electron chi connectivity index (χ4n) is 4.58. The Bertz CT molecular complexity index is 1230. The molecule has 162 valence electrons. The van der Waals surface area contributed by atoms with E-state index < -0.39 is 0 Å². The summed E-state index contributed by atoms with van der Waals surface area (Å²) in [6.45, 7) is 7.12. The molecule has 4 aromatic rings. The summed E-state index contributed by atoms with van der Waals surface area (Å²) in [5.41, 5.74) is 6.90. The first kappa shape index (κ1) is 20.5. The van der Waals surface area contributed by atoms with E-state index in [-0.39, 0.29) is 12.1 Å². The Kier molecular flexibility index (Phi) is 5.31. The molecular formula is C26H26N4OS. The third-order valence-corrected chi connectivity index (χ3v) is 6.55. The number of thiocarbonyl (C=S) groups is 1. The number of benzene rings is 1. The molecule has 0 radical (unpaired) electrons. The molecule has 1 aliphatic heterocycles. The first-order chi connectivity index (χ1) is 15.5. The van der Waals surface area contributed by atoms with Gasteiger partial charge in [0.15, 0.2) is 5.11 Å². The van der Waals surface area contributed by atoms with Crippen molar-refractivity contribution < 1.29 is 4.42 Å². The van der Waals surface area contributed by atoms with Crippen molar-refractivity contribution in [3.63, 3.8) is 0 Å². The summed E-state index contributed by atoms with van der Waals surface area (Å²) in [6, 6.07) is 20.7. The van der Waals surface area contributed by atoms with Gasteiger partial charge in [0.05, 0.1) is 30.6 Å². The van der Waals surface area contributed by atoms with Crippen LogP contribution in [0.25, 0.3) is 0 Å². The van der Waals surface area contributed by atoms with E-state index >= 15 is 0 Å². The lowest BCUT2D eigenvalue weighted by Gasteiger charge is -2.28. The number of nitrogens with zero attached hydrogens (tertiary/aromatic N) is 3. The molecule has 4 heterocycles. The first-order valence-electron chi connectivity index (χ1n) is 10.8. The van der Waals surface area contributed by atoms with Gasteiger partial charge >= 0.3 is 0 Å². The summed E-state index contributed by atoms with van der Waals surface area (Å²) in [6.07, 6.45) is 3.56. The Hall–Kier alpha value is -3.38. The molecular weight excluding hydrogens is 416 g/mol. The summed E-state index contributed by atoms with van der Waals surface area (Å²) in [5.74, 6) is 0.940. The van der Waals surface area contributed by atoms with E-state index in [2.05, 4.69) is 76.9 Å². The average Bonchev–Trinajstić information content (AvgIpc) is 3.50. The molecule has 1 aliphatic rings. The molecule has 3 aromatic heterocycles. The highest BCUT2D eigenvalue weighted by Gasteiger charge is 2.42. The predicted molar refractivity (Wildman–Crippen MR) is 131 cm³/mol. The van der Waals surface area contributed by atoms with Crippen LogP contribution in [0.15, 0.2) is 77.5 Å². The van der Waals surface area contributed by atoms with Crippen molar-refractivity contribution in [3.05, 3.63) is 107 Å². The van der Waals surface area contributed by atoms with Crippen LogP contribution in [0.1, 0.15) is 46.1 Å². The number of nitrogens with one attached hydrogen (secondary N) is 1. The van der Waals surface area contributed by atoms with Gasteiger partial charge in [-0.05, 0) is 81.0 Å². The highest BCUT2D eigenvalue weighted by atomic mass is 32.1. The van der Waals surface area contributed by atoms with Gasteiger partial charge in [0, 0.05) is 23.3 Å². The van der Waals surface area contributed by atoms with Gasteiger partial charge < -0.3 is 19.2 Å². The van der Waals surface area contributed by atoms with Crippen LogP contribution in [0.3, 0.4) is 0 Å². The molecule has 1 N–H and O–H groups in total. The van der Waals surface area contributed by atoms with Gasteiger partial charge in [0.1, 0.15) is 5.76 Å². The zero-order chi connectivity index (χ0) is 22.2. The largest absolute Gasteiger partial charge is 0.467 e. The maximum Gasteiger partial charge on any atom is 0.174 e. The molecule has 32 heavy (non-hydrogen) atoms. The van der Waals surface area contributed by atoms with E-state index in [0.717, 1.165) is 17.1 Å². The van der Waals surface area contributed by atoms with Gasteiger partial charge in [0.2, 0.25) is 0 Å². The summed E-state index contributed by atoms with van der Waals surface area (Å²) in [4.78, 5) is 6.89. The monoisotopic (exact) mass is 442 g/mol. The Labute approximate surface area is 193 Å². The Morgan fingerprint density at radius 3 is 2.53 bits per heavy atom. The normalized spacial score (nSPS) is 18.2. The van der Waals surface area contributed by atoms with Crippen molar-refractivity contribution in [3.8, 4) is 0 Å². The molecule has 0 unspecified atom stereocenters. The van der Waals surface area contributed by atoms with Crippen molar-refractivity contribution in [2.24, 2.45) is 0 Å². The molecule has 1 aromatic carbocycles. The fourth-order valence-corrected chi connectivity index (χ4v) is 4.93. The molecule has 5 nitrogen and oxygen atoms in total. The second kappa shape index (κ2) is 8.28. The van der Waals surface area contributed by atoms with E-state index in [1.807, 2.05) is 30.5 Å². The maximum atomic E-state index is 5.85. The lowest BCUT2D eigenvalue weighted by atomic mass is 9.96. The van der Waals surface area contributed by atoms with Crippen molar-refractivity contribution in [2.45, 2.75) is 39.4 Å². The molecule has 0 spiro atoms. The number of anilines is 1. The van der Waals surface area contributed by atoms with Crippen LogP contribution in [-0.2, 0) is 6.54 Å². The van der Waals surface area contributed by atoms with Crippen LogP contribution < -0.4 is 10.2 Å². The molecule has 0 aliphatic carbocycles. The van der Waals surface area contributed by atoms with Crippen molar-refractivity contribution in [1.82, 2.24) is 14.9 Å². The van der Waals surface area contributed by atoms with Gasteiger partial charge in [-0.3, -0.25) is 4.98 Å². The number of aryl methyl sites for hydroxylation is 2.